The van der Waals surface area contributed by atoms with Gasteiger partial charge in [0.15, 0.2) is 0 Å². The van der Waals surface area contributed by atoms with Crippen molar-refractivity contribution < 1.29 is 4.42 Å². The summed E-state index contributed by atoms with van der Waals surface area (Å²) in [5.74, 6) is 0. The SMILES string of the molecule is Cn1ncc(-c2coc3ccccc23)c1CCN. The van der Waals surface area contributed by atoms with Gasteiger partial charge in [-0.1, -0.05) is 18.2 Å². The van der Waals surface area contributed by atoms with Crippen molar-refractivity contribution in [2.45, 2.75) is 6.42 Å². The largest absolute Gasteiger partial charge is 0.464 e. The third-order valence-corrected chi connectivity index (χ3v) is 3.21. The predicted molar refractivity (Wildman–Crippen MR) is 71.2 cm³/mol. The Morgan fingerprint density at radius 2 is 2.11 bits per heavy atom. The number of hydrogen-bond donors (Lipinski definition) is 1. The fraction of sp³-hybridized carbons (Fsp3) is 0.214. The zero-order valence-corrected chi connectivity index (χ0v) is 10.3. The van der Waals surface area contributed by atoms with Gasteiger partial charge in [0.2, 0.25) is 0 Å². The summed E-state index contributed by atoms with van der Waals surface area (Å²) in [5.41, 5.74) is 9.89. The van der Waals surface area contributed by atoms with Gasteiger partial charge in [-0.3, -0.25) is 4.68 Å². The number of benzene rings is 1. The van der Waals surface area contributed by atoms with Gasteiger partial charge >= 0.3 is 0 Å². The summed E-state index contributed by atoms with van der Waals surface area (Å²) in [5, 5.41) is 5.43. The molecule has 0 spiro atoms. The van der Waals surface area contributed by atoms with E-state index in [-0.39, 0.29) is 0 Å². The van der Waals surface area contributed by atoms with Gasteiger partial charge in [0.05, 0.1) is 12.5 Å². The molecule has 0 aliphatic carbocycles. The van der Waals surface area contributed by atoms with Crippen molar-refractivity contribution in [3.8, 4) is 11.1 Å². The second-order valence-electron chi connectivity index (χ2n) is 4.31. The smallest absolute Gasteiger partial charge is 0.134 e. The molecule has 0 unspecified atom stereocenters. The summed E-state index contributed by atoms with van der Waals surface area (Å²) in [4.78, 5) is 0. The van der Waals surface area contributed by atoms with E-state index in [2.05, 4.69) is 11.2 Å². The average Bonchev–Trinajstić information content (AvgIpc) is 2.95. The van der Waals surface area contributed by atoms with E-state index in [1.165, 1.54) is 0 Å². The molecule has 4 heteroatoms. The highest BCUT2D eigenvalue weighted by Crippen LogP contribution is 2.32. The molecule has 3 aromatic rings. The van der Waals surface area contributed by atoms with E-state index in [4.69, 9.17) is 10.2 Å². The van der Waals surface area contributed by atoms with Crippen LogP contribution in [0.15, 0.2) is 41.1 Å². The standard InChI is InChI=1S/C14H15N3O/c1-17-13(6-7-15)11(8-16-17)12-9-18-14-5-3-2-4-10(12)14/h2-5,8-9H,6-7,15H2,1H3. The monoisotopic (exact) mass is 241 g/mol. The maximum atomic E-state index is 5.66. The summed E-state index contributed by atoms with van der Waals surface area (Å²) in [6.07, 6.45) is 4.48. The van der Waals surface area contributed by atoms with Crippen LogP contribution in [0.25, 0.3) is 22.1 Å². The highest BCUT2D eigenvalue weighted by atomic mass is 16.3. The molecule has 0 aliphatic heterocycles. The number of aryl methyl sites for hydroxylation is 1. The lowest BCUT2D eigenvalue weighted by Crippen LogP contribution is -2.08. The minimum absolute atomic E-state index is 0.613. The first-order valence-electron chi connectivity index (χ1n) is 5.99. The van der Waals surface area contributed by atoms with Crippen LogP contribution in [0.4, 0.5) is 0 Å². The highest BCUT2D eigenvalue weighted by Gasteiger charge is 2.14. The van der Waals surface area contributed by atoms with E-state index in [1.54, 1.807) is 6.26 Å². The summed E-state index contributed by atoms with van der Waals surface area (Å²) in [7, 11) is 1.94. The molecule has 0 aliphatic rings. The fourth-order valence-electron chi connectivity index (χ4n) is 2.31. The van der Waals surface area contributed by atoms with Crippen molar-refractivity contribution in [2.24, 2.45) is 12.8 Å². The van der Waals surface area contributed by atoms with Crippen LogP contribution in [-0.4, -0.2) is 16.3 Å². The first-order chi connectivity index (χ1) is 8.81. The third-order valence-electron chi connectivity index (χ3n) is 3.21. The Morgan fingerprint density at radius 1 is 1.28 bits per heavy atom. The first-order valence-corrected chi connectivity index (χ1v) is 5.99. The van der Waals surface area contributed by atoms with Crippen molar-refractivity contribution in [3.05, 3.63) is 42.4 Å². The van der Waals surface area contributed by atoms with Crippen molar-refractivity contribution in [2.75, 3.05) is 6.54 Å². The third kappa shape index (κ3) is 1.62. The summed E-state index contributed by atoms with van der Waals surface area (Å²) >= 11 is 0. The molecule has 2 aromatic heterocycles. The van der Waals surface area contributed by atoms with Crippen molar-refractivity contribution >= 4 is 11.0 Å². The Hall–Kier alpha value is -2.07. The van der Waals surface area contributed by atoms with E-state index in [9.17, 15) is 0 Å². The zero-order chi connectivity index (χ0) is 12.5. The molecule has 18 heavy (non-hydrogen) atoms. The Kier molecular flexibility index (Phi) is 2.64. The van der Waals surface area contributed by atoms with E-state index < -0.39 is 0 Å². The van der Waals surface area contributed by atoms with Crippen LogP contribution in [0.5, 0.6) is 0 Å². The Labute approximate surface area is 105 Å². The van der Waals surface area contributed by atoms with Crippen molar-refractivity contribution in [3.63, 3.8) is 0 Å². The molecule has 4 nitrogen and oxygen atoms in total. The number of furan rings is 1. The lowest BCUT2D eigenvalue weighted by molar-refractivity contribution is 0.617. The van der Waals surface area contributed by atoms with Crippen LogP contribution in [0, 0.1) is 0 Å². The molecule has 2 N–H and O–H groups in total. The van der Waals surface area contributed by atoms with Gasteiger partial charge in [0.25, 0.3) is 0 Å². The van der Waals surface area contributed by atoms with E-state index in [0.717, 1.165) is 34.2 Å². The van der Waals surface area contributed by atoms with E-state index in [0.29, 0.717) is 6.54 Å². The van der Waals surface area contributed by atoms with Gasteiger partial charge in [-0.2, -0.15) is 5.10 Å². The quantitative estimate of drug-likeness (QED) is 0.765. The zero-order valence-electron chi connectivity index (χ0n) is 10.3. The molecule has 2 heterocycles. The molecule has 0 saturated heterocycles. The highest BCUT2D eigenvalue weighted by molar-refractivity contribution is 5.94. The van der Waals surface area contributed by atoms with Gasteiger partial charge in [-0.25, -0.2) is 0 Å². The van der Waals surface area contributed by atoms with Crippen LogP contribution in [-0.2, 0) is 13.5 Å². The van der Waals surface area contributed by atoms with Crippen LogP contribution in [0.1, 0.15) is 5.69 Å². The molecule has 1 aromatic carbocycles. The number of rotatable bonds is 3. The first kappa shape index (κ1) is 11.0. The predicted octanol–water partition coefficient (Wildman–Crippen LogP) is 2.33. The Morgan fingerprint density at radius 3 is 2.94 bits per heavy atom. The second kappa shape index (κ2) is 4.31. The molecular formula is C14H15N3O. The molecule has 0 fully saturated rings. The van der Waals surface area contributed by atoms with Gasteiger partial charge in [0.1, 0.15) is 5.58 Å². The van der Waals surface area contributed by atoms with Crippen molar-refractivity contribution in [1.82, 2.24) is 9.78 Å². The fourth-order valence-corrected chi connectivity index (χ4v) is 2.31. The molecule has 0 saturated carbocycles. The number of para-hydroxylation sites is 1. The van der Waals surface area contributed by atoms with Gasteiger partial charge in [-0.15, -0.1) is 0 Å². The summed E-state index contributed by atoms with van der Waals surface area (Å²) < 4.78 is 7.46. The lowest BCUT2D eigenvalue weighted by Gasteiger charge is -2.03. The minimum atomic E-state index is 0.613. The second-order valence-corrected chi connectivity index (χ2v) is 4.31. The van der Waals surface area contributed by atoms with Crippen LogP contribution in [0.2, 0.25) is 0 Å². The molecule has 92 valence electrons. The van der Waals surface area contributed by atoms with Crippen molar-refractivity contribution in [1.29, 1.82) is 0 Å². The van der Waals surface area contributed by atoms with Crippen LogP contribution in [0.3, 0.4) is 0 Å². The maximum Gasteiger partial charge on any atom is 0.134 e. The van der Waals surface area contributed by atoms with Gasteiger partial charge < -0.3 is 10.2 Å². The maximum absolute atomic E-state index is 5.66. The van der Waals surface area contributed by atoms with Gasteiger partial charge in [-0.05, 0) is 12.6 Å². The van der Waals surface area contributed by atoms with E-state index in [1.807, 2.05) is 36.1 Å². The summed E-state index contributed by atoms with van der Waals surface area (Å²) in [6, 6.07) is 8.02. The topological polar surface area (TPSA) is 57.0 Å². The molecule has 0 radical (unpaired) electrons. The average molecular weight is 241 g/mol. The normalized spacial score (nSPS) is 11.2. The van der Waals surface area contributed by atoms with E-state index >= 15 is 0 Å². The summed E-state index contributed by atoms with van der Waals surface area (Å²) in [6.45, 7) is 0.613. The molecule has 0 bridgehead atoms. The number of aromatic nitrogens is 2. The Balaban J connectivity index is 2.20. The number of hydrogen-bond acceptors (Lipinski definition) is 3. The molecule has 3 rings (SSSR count). The molecule has 0 atom stereocenters. The number of nitrogens with two attached hydrogens (primary N) is 1. The number of fused-ring (bicyclic) bond motifs is 1. The Bertz CT molecular complexity index is 681. The lowest BCUT2D eigenvalue weighted by atomic mass is 10.0. The van der Waals surface area contributed by atoms with Crippen LogP contribution >= 0.6 is 0 Å². The van der Waals surface area contributed by atoms with Crippen LogP contribution < -0.4 is 5.73 Å². The van der Waals surface area contributed by atoms with Gasteiger partial charge in [0, 0.05) is 35.7 Å². The number of nitrogens with zero attached hydrogens (tertiary/aromatic N) is 2. The molecule has 0 amide bonds. The molecular weight excluding hydrogens is 226 g/mol. The minimum Gasteiger partial charge on any atom is -0.464 e.